The van der Waals surface area contributed by atoms with Gasteiger partial charge in [-0.3, -0.25) is 14.4 Å². The van der Waals surface area contributed by atoms with Gasteiger partial charge in [0.15, 0.2) is 11.4 Å². The van der Waals surface area contributed by atoms with Gasteiger partial charge in [-0.2, -0.15) is 0 Å². The van der Waals surface area contributed by atoms with E-state index in [-0.39, 0.29) is 24.4 Å². The molecule has 0 aliphatic carbocycles. The number of aromatic hydroxyl groups is 1. The number of aliphatic carboxylic acids is 3. The number of hydrogen-bond donors (Lipinski definition) is 7. The molecule has 1 aromatic rings. The number of hydrogen-bond acceptors (Lipinski definition) is 8. The van der Waals surface area contributed by atoms with Gasteiger partial charge in [-0.1, -0.05) is 69.7 Å². The molecule has 12 heteroatoms. The van der Waals surface area contributed by atoms with Crippen molar-refractivity contribution in [1.29, 1.82) is 0 Å². The van der Waals surface area contributed by atoms with Crippen LogP contribution in [-0.4, -0.2) is 78.0 Å². The lowest BCUT2D eigenvalue weighted by Crippen LogP contribution is -2.55. The van der Waals surface area contributed by atoms with Crippen LogP contribution in [0.15, 0.2) is 36.4 Å². The molecule has 7 N–H and O–H groups in total. The van der Waals surface area contributed by atoms with Crippen LogP contribution in [0.25, 0.3) is 0 Å². The predicted octanol–water partition coefficient (Wildman–Crippen LogP) is 3.21. The zero-order valence-electron chi connectivity index (χ0n) is 24.6. The molecule has 1 amide bonds. The quantitative estimate of drug-likeness (QED) is 0.0707. The maximum atomic E-state index is 13.1. The number of phenolic OH excluding ortho intramolecular Hbond substituents is 1. The Bertz CT molecular complexity index is 1090. The number of phenols is 1. The van der Waals surface area contributed by atoms with E-state index in [1.54, 1.807) is 0 Å². The average molecular weight is 608 g/mol. The summed E-state index contributed by atoms with van der Waals surface area (Å²) in [6, 6.07) is 4.01. The standard InChI is InChI=1S/C31H45NO11/c1-2-3-4-10-13-25(34)26(35)14-11-8-6-5-7-9-12-23(31(43,30(41)42)20-27(36)37)28(38)32-24(29(39)40)19-21-15-17-22(33)18-16-21/h9,12,15-18,23-25,33-34,43H,2-8,10-11,13-14,19-20H2,1H3,(H,32,38)(H,36,37)(H,39,40)(H,41,42)/b12-9+. The number of carbonyl (C=O) groups is 5. The molecule has 0 saturated heterocycles. The molecule has 0 bridgehead atoms. The van der Waals surface area contributed by atoms with Gasteiger partial charge >= 0.3 is 17.9 Å². The summed E-state index contributed by atoms with van der Waals surface area (Å²) in [5.74, 6) is -8.39. The Balaban J connectivity index is 2.79. The first kappa shape index (κ1) is 37.3. The van der Waals surface area contributed by atoms with Crippen LogP contribution >= 0.6 is 0 Å². The van der Waals surface area contributed by atoms with E-state index in [4.69, 9.17) is 0 Å². The van der Waals surface area contributed by atoms with Gasteiger partial charge in [0.2, 0.25) is 5.91 Å². The van der Waals surface area contributed by atoms with Crippen molar-refractivity contribution in [2.75, 3.05) is 0 Å². The zero-order valence-corrected chi connectivity index (χ0v) is 24.6. The Morgan fingerprint density at radius 1 is 0.907 bits per heavy atom. The number of unbranched alkanes of at least 4 members (excludes halogenated alkanes) is 7. The molecule has 4 atom stereocenters. The zero-order chi connectivity index (χ0) is 32.4. The van der Waals surface area contributed by atoms with Crippen molar-refractivity contribution in [3.63, 3.8) is 0 Å². The topological polar surface area (TPSA) is 219 Å². The molecule has 43 heavy (non-hydrogen) atoms. The van der Waals surface area contributed by atoms with Gasteiger partial charge in [0.05, 0.1) is 12.3 Å². The second-order valence-electron chi connectivity index (χ2n) is 10.8. The second-order valence-corrected chi connectivity index (χ2v) is 10.8. The summed E-state index contributed by atoms with van der Waals surface area (Å²) in [6.45, 7) is 2.08. The highest BCUT2D eigenvalue weighted by Crippen LogP contribution is 2.26. The smallest absolute Gasteiger partial charge is 0.337 e. The third kappa shape index (κ3) is 13.8. The molecular formula is C31H45NO11. The summed E-state index contributed by atoms with van der Waals surface area (Å²) in [5, 5.41) is 60.9. The number of amides is 1. The highest BCUT2D eigenvalue weighted by molar-refractivity contribution is 5.94. The molecule has 0 radical (unpaired) electrons. The monoisotopic (exact) mass is 607 g/mol. The van der Waals surface area contributed by atoms with Crippen LogP contribution < -0.4 is 5.32 Å². The van der Waals surface area contributed by atoms with E-state index in [2.05, 4.69) is 12.2 Å². The summed E-state index contributed by atoms with van der Waals surface area (Å²) in [4.78, 5) is 60.3. The summed E-state index contributed by atoms with van der Waals surface area (Å²) in [6.07, 6.45) is 7.61. The van der Waals surface area contributed by atoms with E-state index in [9.17, 15) is 54.6 Å². The Kier molecular flexibility index (Phi) is 16.8. The van der Waals surface area contributed by atoms with Gasteiger partial charge < -0.3 is 36.0 Å². The van der Waals surface area contributed by atoms with Crippen LogP contribution in [0.5, 0.6) is 5.75 Å². The van der Waals surface area contributed by atoms with Crippen molar-refractivity contribution in [2.45, 2.75) is 108 Å². The van der Waals surface area contributed by atoms with Crippen LogP contribution in [0.4, 0.5) is 0 Å². The first-order valence-electron chi connectivity index (χ1n) is 14.7. The second kappa shape index (κ2) is 19.4. The van der Waals surface area contributed by atoms with Crippen molar-refractivity contribution in [3.8, 4) is 5.75 Å². The van der Waals surface area contributed by atoms with E-state index in [1.807, 2.05) is 0 Å². The highest BCUT2D eigenvalue weighted by atomic mass is 16.4. The molecular weight excluding hydrogens is 562 g/mol. The normalized spacial score (nSPS) is 14.9. The lowest BCUT2D eigenvalue weighted by molar-refractivity contribution is -0.172. The number of rotatable bonds is 23. The molecule has 0 heterocycles. The van der Waals surface area contributed by atoms with Crippen LogP contribution in [0.1, 0.15) is 89.5 Å². The number of carboxylic acids is 3. The van der Waals surface area contributed by atoms with Crippen LogP contribution in [-0.2, 0) is 30.4 Å². The number of allylic oxidation sites excluding steroid dienone is 1. The number of nitrogens with one attached hydrogen (secondary N) is 1. The molecule has 240 valence electrons. The Labute approximate surface area is 251 Å². The molecule has 1 rings (SSSR count). The van der Waals surface area contributed by atoms with E-state index in [1.165, 1.54) is 30.3 Å². The predicted molar refractivity (Wildman–Crippen MR) is 156 cm³/mol. The number of carboxylic acid groups (broad SMARTS) is 3. The lowest BCUT2D eigenvalue weighted by atomic mass is 9.82. The van der Waals surface area contributed by atoms with Crippen LogP contribution in [0.2, 0.25) is 0 Å². The van der Waals surface area contributed by atoms with Crippen LogP contribution in [0, 0.1) is 5.92 Å². The number of ketones is 1. The average Bonchev–Trinajstić information content (AvgIpc) is 2.94. The fraction of sp³-hybridized carbons (Fsp3) is 0.581. The first-order valence-corrected chi connectivity index (χ1v) is 14.7. The molecule has 12 nitrogen and oxygen atoms in total. The number of aliphatic hydroxyl groups excluding tert-OH is 1. The Morgan fingerprint density at radius 2 is 1.53 bits per heavy atom. The largest absolute Gasteiger partial charge is 0.508 e. The molecule has 0 spiro atoms. The van der Waals surface area contributed by atoms with Gasteiger partial charge in [-0.15, -0.1) is 0 Å². The van der Waals surface area contributed by atoms with E-state index in [0.717, 1.165) is 31.8 Å². The van der Waals surface area contributed by atoms with Gasteiger partial charge in [0.1, 0.15) is 17.9 Å². The summed E-state index contributed by atoms with van der Waals surface area (Å²) < 4.78 is 0. The van der Waals surface area contributed by atoms with Crippen LogP contribution in [0.3, 0.4) is 0 Å². The fourth-order valence-corrected chi connectivity index (χ4v) is 4.58. The van der Waals surface area contributed by atoms with E-state index >= 15 is 0 Å². The Morgan fingerprint density at radius 3 is 2.12 bits per heavy atom. The SMILES string of the molecule is CCCCCCC(O)C(=O)CCCCCC/C=C/C(C(=O)NC(Cc1ccc(O)cc1)C(=O)O)C(O)(CC(=O)O)C(=O)O. The van der Waals surface area contributed by atoms with Crippen molar-refractivity contribution in [3.05, 3.63) is 42.0 Å². The van der Waals surface area contributed by atoms with Crippen molar-refractivity contribution < 1.29 is 54.6 Å². The molecule has 0 fully saturated rings. The van der Waals surface area contributed by atoms with Crippen molar-refractivity contribution in [1.82, 2.24) is 5.32 Å². The van der Waals surface area contributed by atoms with Gasteiger partial charge in [0, 0.05) is 12.8 Å². The summed E-state index contributed by atoms with van der Waals surface area (Å²) >= 11 is 0. The highest BCUT2D eigenvalue weighted by Gasteiger charge is 2.49. The first-order chi connectivity index (χ1) is 20.3. The Hall–Kier alpha value is -3.77. The molecule has 0 aliphatic rings. The summed E-state index contributed by atoms with van der Waals surface area (Å²) in [5.41, 5.74) is -2.61. The minimum Gasteiger partial charge on any atom is -0.508 e. The van der Waals surface area contributed by atoms with Gasteiger partial charge in [0.25, 0.3) is 0 Å². The van der Waals surface area contributed by atoms with Crippen molar-refractivity contribution in [2.24, 2.45) is 5.92 Å². The number of aliphatic hydroxyl groups is 2. The molecule has 1 aromatic carbocycles. The van der Waals surface area contributed by atoms with Gasteiger partial charge in [-0.05, 0) is 43.4 Å². The number of carbonyl (C=O) groups excluding carboxylic acids is 2. The lowest BCUT2D eigenvalue weighted by Gasteiger charge is -2.29. The van der Waals surface area contributed by atoms with E-state index < -0.39 is 53.9 Å². The number of benzene rings is 1. The summed E-state index contributed by atoms with van der Waals surface area (Å²) in [7, 11) is 0. The van der Waals surface area contributed by atoms with Crippen molar-refractivity contribution >= 4 is 29.6 Å². The third-order valence-corrected chi connectivity index (χ3v) is 7.15. The molecule has 0 aromatic heterocycles. The fourth-order valence-electron chi connectivity index (χ4n) is 4.58. The molecule has 4 unspecified atom stereocenters. The third-order valence-electron chi connectivity index (χ3n) is 7.15. The molecule has 0 aliphatic heterocycles. The number of Topliss-reactive ketones (excluding diaryl/α,β-unsaturated/α-hetero) is 1. The molecule has 0 saturated carbocycles. The minimum absolute atomic E-state index is 0.0505. The van der Waals surface area contributed by atoms with E-state index in [0.29, 0.717) is 44.1 Å². The maximum absolute atomic E-state index is 13.1. The minimum atomic E-state index is -3.05. The van der Waals surface area contributed by atoms with Gasteiger partial charge in [-0.25, -0.2) is 9.59 Å². The maximum Gasteiger partial charge on any atom is 0.337 e.